The fourth-order valence-electron chi connectivity index (χ4n) is 4.32. The predicted molar refractivity (Wildman–Crippen MR) is 133 cm³/mol. The molecule has 0 aliphatic heterocycles. The van der Waals surface area contributed by atoms with Crippen LogP contribution in [0.1, 0.15) is 16.7 Å². The molecule has 5 rings (SSSR count). The van der Waals surface area contributed by atoms with Gasteiger partial charge in [-0.15, -0.1) is 0 Å². The highest BCUT2D eigenvalue weighted by molar-refractivity contribution is 6.58. The van der Waals surface area contributed by atoms with E-state index in [0.29, 0.717) is 11.3 Å². The van der Waals surface area contributed by atoms with Crippen molar-refractivity contribution >= 4 is 34.6 Å². The summed E-state index contributed by atoms with van der Waals surface area (Å²) in [5, 5.41) is 3.02. The third-order valence-electron chi connectivity index (χ3n) is 5.58. The van der Waals surface area contributed by atoms with E-state index in [9.17, 15) is 0 Å². The van der Waals surface area contributed by atoms with Crippen LogP contribution < -0.4 is 4.74 Å². The molecule has 0 aliphatic rings. The van der Waals surface area contributed by atoms with Crippen LogP contribution in [0, 0.1) is 0 Å². The van der Waals surface area contributed by atoms with E-state index in [1.807, 2.05) is 59.3 Å². The van der Waals surface area contributed by atoms with Gasteiger partial charge < -0.3 is 4.74 Å². The molecule has 4 nitrogen and oxygen atoms in total. The average molecular weight is 421 g/mol. The lowest BCUT2D eigenvalue weighted by atomic mass is 9.52. The van der Waals surface area contributed by atoms with Crippen LogP contribution in [0.15, 0.2) is 109 Å². The Balaban J connectivity index is 1.88. The minimum absolute atomic E-state index is 0.347. The maximum Gasteiger partial charge on any atom is 0.138 e. The predicted octanol–water partition coefficient (Wildman–Crippen LogP) is 3.77. The van der Waals surface area contributed by atoms with E-state index in [1.54, 1.807) is 12.3 Å². The normalized spacial score (nSPS) is 12.0. The van der Waals surface area contributed by atoms with Crippen LogP contribution in [-0.4, -0.2) is 43.6 Å². The van der Waals surface area contributed by atoms with Crippen LogP contribution in [0.3, 0.4) is 0 Å². The lowest BCUT2D eigenvalue weighted by molar-refractivity contribution is 0.317. The second kappa shape index (κ2) is 8.32. The Morgan fingerprint density at radius 3 is 1.61 bits per heavy atom. The summed E-state index contributed by atoms with van der Waals surface area (Å²) < 4.78 is 7.46. The number of fused-ring (bicyclic) bond motifs is 1. The van der Waals surface area contributed by atoms with Gasteiger partial charge >= 0.3 is 0 Å². The molecule has 7 heteroatoms. The Labute approximate surface area is 196 Å². The second-order valence-corrected chi connectivity index (χ2v) is 7.90. The van der Waals surface area contributed by atoms with Gasteiger partial charge in [-0.2, -0.15) is 5.10 Å². The lowest BCUT2D eigenvalue weighted by Crippen LogP contribution is -2.39. The van der Waals surface area contributed by atoms with Crippen molar-refractivity contribution in [3.8, 4) is 5.75 Å². The molecule has 0 aliphatic carbocycles. The zero-order valence-electron chi connectivity index (χ0n) is 17.9. The van der Waals surface area contributed by atoms with Gasteiger partial charge in [-0.1, -0.05) is 91.0 Å². The van der Waals surface area contributed by atoms with E-state index in [-0.39, 0.29) is 0 Å². The number of hydrogen-bond donors (Lipinski definition) is 0. The van der Waals surface area contributed by atoms with Gasteiger partial charge in [0.15, 0.2) is 0 Å². The van der Waals surface area contributed by atoms with E-state index in [1.165, 1.54) is 6.20 Å². The van der Waals surface area contributed by atoms with Gasteiger partial charge in [0.2, 0.25) is 0 Å². The zero-order valence-corrected chi connectivity index (χ0v) is 17.9. The van der Waals surface area contributed by atoms with Crippen molar-refractivity contribution in [1.29, 1.82) is 0 Å². The number of nitrogens with zero attached hydrogens (tertiary/aromatic N) is 3. The quantitative estimate of drug-likeness (QED) is 0.310. The first-order valence-corrected chi connectivity index (χ1v) is 10.5. The zero-order chi connectivity index (χ0) is 22.9. The lowest BCUT2D eigenvalue weighted by Gasteiger charge is -2.37. The highest BCUT2D eigenvalue weighted by atomic mass is 16.5. The molecule has 0 amide bonds. The molecule has 33 heavy (non-hydrogen) atoms. The van der Waals surface area contributed by atoms with Crippen molar-refractivity contribution in [2.24, 2.45) is 0 Å². The summed E-state index contributed by atoms with van der Waals surface area (Å²) in [6.07, 6.45) is 3.27. The van der Waals surface area contributed by atoms with Crippen LogP contribution in [0.4, 0.5) is 0 Å². The Bertz CT molecular complexity index is 1270. The molecule has 2 heterocycles. The smallest absolute Gasteiger partial charge is 0.138 e. The Morgan fingerprint density at radius 1 is 0.667 bits per heavy atom. The molecule has 0 unspecified atom stereocenters. The average Bonchev–Trinajstić information content (AvgIpc) is 3.24. The highest BCUT2D eigenvalue weighted by Gasteiger charge is 2.40. The van der Waals surface area contributed by atoms with Crippen LogP contribution in [-0.2, 0) is 5.54 Å². The third-order valence-corrected chi connectivity index (χ3v) is 5.58. The minimum Gasteiger partial charge on any atom is -0.514 e. The van der Waals surface area contributed by atoms with Gasteiger partial charge in [0.05, 0.1) is 17.9 Å². The molecule has 0 atom stereocenters. The topological polar surface area (TPSA) is 39.9 Å². The van der Waals surface area contributed by atoms with E-state index in [4.69, 9.17) is 33.4 Å². The monoisotopic (exact) mass is 421 g/mol. The van der Waals surface area contributed by atoms with Crippen molar-refractivity contribution in [3.05, 3.63) is 126 Å². The van der Waals surface area contributed by atoms with Gasteiger partial charge in [0, 0.05) is 6.07 Å². The van der Waals surface area contributed by atoms with Gasteiger partial charge in [0.1, 0.15) is 40.3 Å². The number of benzene rings is 3. The summed E-state index contributed by atoms with van der Waals surface area (Å²) in [6.45, 7) is 0. The van der Waals surface area contributed by atoms with Crippen molar-refractivity contribution < 1.29 is 4.74 Å². The first-order valence-electron chi connectivity index (χ1n) is 10.5. The number of ether oxygens (including phenoxy) is 1. The van der Waals surface area contributed by atoms with E-state index >= 15 is 0 Å². The molecule has 6 radical (unpaired) electrons. The van der Waals surface area contributed by atoms with Crippen LogP contribution in [0.2, 0.25) is 0 Å². The minimum atomic E-state index is -1.82. The van der Waals surface area contributed by atoms with Gasteiger partial charge in [-0.05, 0) is 22.0 Å². The summed E-state index contributed by atoms with van der Waals surface area (Å²) >= 11 is 0. The molecule has 0 fully saturated rings. The van der Waals surface area contributed by atoms with Gasteiger partial charge in [-0.3, -0.25) is 0 Å². The Morgan fingerprint density at radius 2 is 1.15 bits per heavy atom. The number of pyridine rings is 1. The maximum absolute atomic E-state index is 5.67. The fourth-order valence-corrected chi connectivity index (χ4v) is 4.32. The molecule has 0 spiro atoms. The molecule has 0 saturated carbocycles. The summed E-state index contributed by atoms with van der Waals surface area (Å²) in [6, 6.07) is 32.6. The third kappa shape index (κ3) is 3.84. The van der Waals surface area contributed by atoms with Gasteiger partial charge in [-0.25, -0.2) is 9.67 Å². The van der Waals surface area contributed by atoms with E-state index in [2.05, 4.69) is 41.4 Å². The van der Waals surface area contributed by atoms with Crippen molar-refractivity contribution in [3.63, 3.8) is 0 Å². The van der Waals surface area contributed by atoms with Crippen LogP contribution in [0.25, 0.3) is 11.0 Å². The largest absolute Gasteiger partial charge is 0.514 e. The standard InChI is InChI=1S/C26H18B3N3O/c27-26(28,29)33-22-16-24-23(30-17-22)18-31-32(24)25(19-10-4-1-5-11-19,20-12-6-2-7-13-20)21-14-8-3-9-15-21/h1-18H. The number of hydrogen-bond acceptors (Lipinski definition) is 3. The SMILES string of the molecule is [B]C([B])([B])Oc1cnc2cnn(C(c3ccccc3)(c3ccccc3)c3ccccc3)c2c1. The van der Waals surface area contributed by atoms with Crippen LogP contribution >= 0.6 is 0 Å². The first kappa shape index (κ1) is 21.1. The van der Waals surface area contributed by atoms with Crippen molar-refractivity contribution in [1.82, 2.24) is 14.8 Å². The number of rotatable bonds is 6. The number of aromatic nitrogens is 3. The molecule has 0 N–H and O–H groups in total. The first-order chi connectivity index (χ1) is 16.0. The molecule has 0 saturated heterocycles. The molecule has 152 valence electrons. The van der Waals surface area contributed by atoms with Crippen LogP contribution in [0.5, 0.6) is 5.75 Å². The molecular weight excluding hydrogens is 403 g/mol. The van der Waals surface area contributed by atoms with Crippen molar-refractivity contribution in [2.45, 2.75) is 10.8 Å². The molecule has 5 aromatic rings. The summed E-state index contributed by atoms with van der Waals surface area (Å²) in [4.78, 5) is 4.51. The molecular formula is C26H18B3N3O. The molecule has 0 bridgehead atoms. The van der Waals surface area contributed by atoms with E-state index < -0.39 is 10.8 Å². The second-order valence-electron chi connectivity index (χ2n) is 7.90. The molecule has 3 aromatic carbocycles. The van der Waals surface area contributed by atoms with E-state index in [0.717, 1.165) is 22.2 Å². The Kier molecular flexibility index (Phi) is 5.33. The highest BCUT2D eigenvalue weighted by Crippen LogP contribution is 2.42. The fraction of sp³-hybridized carbons (Fsp3) is 0.0769. The Hall–Kier alpha value is -3.73. The maximum atomic E-state index is 5.67. The molecule has 2 aromatic heterocycles. The van der Waals surface area contributed by atoms with Gasteiger partial charge in [0.25, 0.3) is 0 Å². The summed E-state index contributed by atoms with van der Waals surface area (Å²) in [5.74, 6) is 0.347. The summed E-state index contributed by atoms with van der Waals surface area (Å²) in [7, 11) is 17.0. The summed E-state index contributed by atoms with van der Waals surface area (Å²) in [5.41, 5.74) is 3.80. The van der Waals surface area contributed by atoms with Crippen molar-refractivity contribution in [2.75, 3.05) is 0 Å².